The van der Waals surface area contributed by atoms with Crippen LogP contribution in [0.2, 0.25) is 0 Å². The number of nitrogens with zero attached hydrogens (tertiary/aromatic N) is 2. The van der Waals surface area contributed by atoms with Crippen molar-refractivity contribution < 1.29 is 28.7 Å². The summed E-state index contributed by atoms with van der Waals surface area (Å²) in [5, 5.41) is 17.2. The topological polar surface area (TPSA) is 58.9 Å². The molecule has 0 spiro atoms. The summed E-state index contributed by atoms with van der Waals surface area (Å²) in [6.07, 6.45) is 8.93. The number of aliphatic hydroxyl groups excluding tert-OH is 1. The molecule has 26 heavy (non-hydrogen) atoms. The smallest absolute Gasteiger partial charge is 0.207 e. The third kappa shape index (κ3) is 21.7. The van der Waals surface area contributed by atoms with E-state index in [-0.39, 0.29) is 42.2 Å². The first-order valence-corrected chi connectivity index (χ1v) is 8.13. The summed E-state index contributed by atoms with van der Waals surface area (Å²) in [5.74, 6) is 5.12. The Morgan fingerprint density at radius 2 is 1.19 bits per heavy atom. The van der Waals surface area contributed by atoms with E-state index in [2.05, 4.69) is 25.9 Å². The summed E-state index contributed by atoms with van der Waals surface area (Å²) in [6.45, 7) is 7.52. The van der Waals surface area contributed by atoms with Crippen molar-refractivity contribution >= 4 is 29.4 Å². The van der Waals surface area contributed by atoms with Gasteiger partial charge in [0.1, 0.15) is 26.2 Å². The van der Waals surface area contributed by atoms with Crippen LogP contribution in [-0.4, -0.2) is 99.3 Å². The van der Waals surface area contributed by atoms with Gasteiger partial charge >= 0.3 is 0 Å². The Balaban J connectivity index is -0.000000181. The maximum absolute atomic E-state index is 8.59. The van der Waals surface area contributed by atoms with Crippen LogP contribution in [0.5, 0.6) is 0 Å². The second-order valence-corrected chi connectivity index (χ2v) is 6.78. The van der Waals surface area contributed by atoms with Crippen LogP contribution < -0.4 is 0 Å². The third-order valence-corrected chi connectivity index (χ3v) is 3.04. The predicted octanol–water partition coefficient (Wildman–Crippen LogP) is 1.10. The number of rotatable bonds is 10. The highest BCUT2D eigenvalue weighted by Gasteiger charge is 2.21. The maximum Gasteiger partial charge on any atom is 0.207 e. The van der Waals surface area contributed by atoms with Gasteiger partial charge in [0.2, 0.25) is 12.6 Å². The summed E-state index contributed by atoms with van der Waals surface area (Å²) >= 11 is 0. The molecule has 0 amide bonds. The fourth-order valence-corrected chi connectivity index (χ4v) is 1.99. The zero-order valence-electron chi connectivity index (χ0n) is 17.0. The Labute approximate surface area is 176 Å². The van der Waals surface area contributed by atoms with E-state index in [1.54, 1.807) is 0 Å². The molecule has 156 valence electrons. The van der Waals surface area contributed by atoms with E-state index in [9.17, 15) is 0 Å². The zero-order chi connectivity index (χ0) is 19.2. The van der Waals surface area contributed by atoms with Gasteiger partial charge in [0.05, 0.1) is 28.2 Å². The van der Waals surface area contributed by atoms with Crippen molar-refractivity contribution in [3.05, 3.63) is 0 Å². The first-order chi connectivity index (χ1) is 11.0. The zero-order valence-corrected chi connectivity index (χ0v) is 19.5. The quantitative estimate of drug-likeness (QED) is 0.291. The fourth-order valence-electron chi connectivity index (χ4n) is 1.99. The summed E-state index contributed by atoms with van der Waals surface area (Å²) < 4.78 is 12.1. The Kier molecular flexibility index (Phi) is 23.1. The van der Waals surface area contributed by atoms with Gasteiger partial charge in [-0.15, -0.1) is 42.2 Å². The molecule has 0 radical (unpaired) electrons. The Hall–Kier alpha value is -0.350. The molecule has 2 N–H and O–H groups in total. The normalized spacial score (nSPS) is 10.8. The van der Waals surface area contributed by atoms with Crippen molar-refractivity contribution in [1.29, 1.82) is 0 Å². The van der Waals surface area contributed by atoms with Crippen molar-refractivity contribution in [1.82, 2.24) is 0 Å². The van der Waals surface area contributed by atoms with Gasteiger partial charge in [-0.3, -0.25) is 0 Å². The van der Waals surface area contributed by atoms with Gasteiger partial charge in [-0.05, 0) is 25.7 Å². The highest BCUT2D eigenvalue weighted by Crippen LogP contribution is 2.04. The Bertz CT molecular complexity index is 401. The molecular weight excluding hydrogens is 424 g/mol. The molecule has 0 aliphatic carbocycles. The first-order valence-electron chi connectivity index (χ1n) is 8.13. The molecule has 0 aliphatic rings. The molecule has 0 rings (SSSR count). The lowest BCUT2D eigenvalue weighted by atomic mass is 10.4. The molecule has 0 aliphatic heterocycles. The van der Waals surface area contributed by atoms with Crippen molar-refractivity contribution in [3.63, 3.8) is 0 Å². The van der Waals surface area contributed by atoms with Crippen LogP contribution in [-0.2, 0) is 9.47 Å². The number of ether oxygens (including phenoxy) is 2. The van der Waals surface area contributed by atoms with E-state index in [1.165, 1.54) is 0 Å². The number of hydrogen-bond donors (Lipinski definition) is 2. The highest BCUT2D eigenvalue weighted by atomic mass is 79.9. The number of likely N-dealkylation sites (N-methyl/N-ethyl adjacent to an activating group) is 2. The fraction of sp³-hybridized carbons (Fsp3) is 0.778. The molecular formula is C18H38BrClN2O4+2. The van der Waals surface area contributed by atoms with E-state index in [0.29, 0.717) is 30.8 Å². The molecule has 0 saturated heterocycles. The van der Waals surface area contributed by atoms with E-state index >= 15 is 0 Å². The van der Waals surface area contributed by atoms with Crippen molar-refractivity contribution in [2.45, 2.75) is 26.4 Å². The minimum atomic E-state index is -1.27. The largest absolute Gasteiger partial charge is 0.364 e. The molecule has 0 saturated carbocycles. The average Bonchev–Trinajstić information content (AvgIpc) is 2.37. The Morgan fingerprint density at radius 1 is 0.846 bits per heavy atom. The van der Waals surface area contributed by atoms with Gasteiger partial charge in [0, 0.05) is 13.2 Å². The number of halogens is 2. The van der Waals surface area contributed by atoms with Gasteiger partial charge in [-0.1, -0.05) is 0 Å². The van der Waals surface area contributed by atoms with E-state index in [1.807, 2.05) is 27.9 Å². The first kappa shape index (κ1) is 33.3. The van der Waals surface area contributed by atoms with Crippen molar-refractivity contribution in [3.8, 4) is 24.7 Å². The summed E-state index contributed by atoms with van der Waals surface area (Å²) in [5.41, 5.74) is 0. The summed E-state index contributed by atoms with van der Waals surface area (Å²) in [6, 6.07) is 0. The van der Waals surface area contributed by atoms with Gasteiger partial charge < -0.3 is 28.7 Å². The standard InChI is InChI=1S/C11H22NO2.C7H14NO2.BrH.ClH/c1-6-9-12(4,5)10-11(13-7-2)14-8-3;1-4-5-8(2,3)6-7(9)10;;/h1,11H,7-10H2,2-5H3;1,7,9-10H,5-6H2,2-3H3;2*1H/q2*+1;;. The van der Waals surface area contributed by atoms with Gasteiger partial charge in [0.25, 0.3) is 0 Å². The van der Waals surface area contributed by atoms with Crippen molar-refractivity contribution in [2.24, 2.45) is 0 Å². The van der Waals surface area contributed by atoms with Crippen LogP contribution in [0.15, 0.2) is 0 Å². The molecule has 0 unspecified atom stereocenters. The monoisotopic (exact) mass is 460 g/mol. The molecule has 0 heterocycles. The van der Waals surface area contributed by atoms with Crippen LogP contribution in [0.3, 0.4) is 0 Å². The van der Waals surface area contributed by atoms with Crippen LogP contribution in [0.4, 0.5) is 0 Å². The van der Waals surface area contributed by atoms with E-state index in [0.717, 1.165) is 11.0 Å². The molecule has 0 aromatic rings. The lowest BCUT2D eigenvalue weighted by molar-refractivity contribution is -0.889. The predicted molar refractivity (Wildman–Crippen MR) is 114 cm³/mol. The number of terminal acetylenes is 2. The lowest BCUT2D eigenvalue weighted by Crippen LogP contribution is -2.47. The minimum absolute atomic E-state index is 0. The van der Waals surface area contributed by atoms with Crippen LogP contribution in [0, 0.1) is 24.7 Å². The number of quaternary nitrogens is 2. The second kappa shape index (κ2) is 18.0. The molecule has 0 fully saturated rings. The van der Waals surface area contributed by atoms with Crippen molar-refractivity contribution in [2.75, 3.05) is 67.6 Å². The van der Waals surface area contributed by atoms with Crippen LogP contribution >= 0.6 is 29.4 Å². The highest BCUT2D eigenvalue weighted by molar-refractivity contribution is 8.93. The molecule has 8 heteroatoms. The van der Waals surface area contributed by atoms with E-state index in [4.69, 9.17) is 32.5 Å². The second-order valence-electron chi connectivity index (χ2n) is 6.78. The molecule has 0 aromatic carbocycles. The number of hydrogen-bond acceptors (Lipinski definition) is 4. The van der Waals surface area contributed by atoms with Gasteiger partial charge in [0.15, 0.2) is 0 Å². The SMILES string of the molecule is Br.C#CC[N+](C)(C)CC(O)O.C#CC[N+](C)(C)CC(OCC)OCC.Cl. The van der Waals surface area contributed by atoms with Crippen LogP contribution in [0.25, 0.3) is 0 Å². The van der Waals surface area contributed by atoms with Gasteiger partial charge in [-0.25, -0.2) is 0 Å². The van der Waals surface area contributed by atoms with E-state index < -0.39 is 6.29 Å². The lowest BCUT2D eigenvalue weighted by Gasteiger charge is -2.31. The summed E-state index contributed by atoms with van der Waals surface area (Å²) in [4.78, 5) is 0. The van der Waals surface area contributed by atoms with Crippen LogP contribution in [0.1, 0.15) is 13.8 Å². The molecule has 0 aromatic heterocycles. The average molecular weight is 462 g/mol. The minimum Gasteiger partial charge on any atom is -0.364 e. The maximum atomic E-state index is 8.59. The molecule has 0 atom stereocenters. The Morgan fingerprint density at radius 3 is 1.46 bits per heavy atom. The third-order valence-electron chi connectivity index (χ3n) is 3.04. The molecule has 0 bridgehead atoms. The number of aliphatic hydroxyl groups is 2. The molecule has 6 nitrogen and oxygen atoms in total. The summed E-state index contributed by atoms with van der Waals surface area (Å²) in [7, 11) is 7.84. The van der Waals surface area contributed by atoms with Gasteiger partial charge in [-0.2, -0.15) is 0 Å².